The van der Waals surface area contributed by atoms with E-state index in [1.165, 1.54) is 11.1 Å². The van der Waals surface area contributed by atoms with Crippen LogP contribution in [0.2, 0.25) is 18.1 Å². The van der Waals surface area contributed by atoms with Gasteiger partial charge in [-0.15, -0.1) is 37.3 Å². The molecule has 1 rings (SSSR count). The van der Waals surface area contributed by atoms with Crippen LogP contribution in [0, 0.1) is 6.08 Å². The monoisotopic (exact) mass is 503 g/mol. The molecule has 0 fully saturated rings. The minimum atomic E-state index is -0.663. The van der Waals surface area contributed by atoms with Crippen molar-refractivity contribution in [3.05, 3.63) is 28.5 Å². The van der Waals surface area contributed by atoms with Gasteiger partial charge >= 0.3 is 0 Å². The van der Waals surface area contributed by atoms with Gasteiger partial charge in [-0.3, -0.25) is 6.08 Å². The molecule has 5 heteroatoms. The molecule has 1 atom stereocenters. The van der Waals surface area contributed by atoms with Crippen molar-refractivity contribution < 1.29 is 25.8 Å². The quantitative estimate of drug-likeness (QED) is 0.310. The molecule has 0 aromatic heterocycles. The number of rotatable bonds is 1. The van der Waals surface area contributed by atoms with Crippen LogP contribution >= 0.6 is 24.8 Å². The van der Waals surface area contributed by atoms with Crippen molar-refractivity contribution in [1.82, 2.24) is 0 Å². The second-order valence-corrected chi connectivity index (χ2v) is 10.1. The topological polar surface area (TPSA) is 23.8 Å². The molecule has 0 saturated carbocycles. The van der Waals surface area contributed by atoms with Crippen molar-refractivity contribution >= 4 is 33.6 Å². The molecule has 0 aliphatic heterocycles. The van der Waals surface area contributed by atoms with Gasteiger partial charge in [0.2, 0.25) is 0 Å². The van der Waals surface area contributed by atoms with Gasteiger partial charge in [-0.25, -0.2) is 5.57 Å². The van der Waals surface area contributed by atoms with Crippen LogP contribution in [0.5, 0.6) is 0 Å². The van der Waals surface area contributed by atoms with Crippen LogP contribution in [0.4, 0.5) is 0 Å². The molecule has 0 aromatic rings. The van der Waals surface area contributed by atoms with Gasteiger partial charge < -0.3 is 5.73 Å². The standard InChI is InChI=1S/C11H19Si.C4H10N.2ClH.Hf/c1-8-7-11(4,12(5)6)10(3)9(8)2;1-4(2,3)5;;;/h12H,1-6H3;5H,1-3H3;2*1H;/q2*-1;;;. The van der Waals surface area contributed by atoms with Crippen LogP contribution in [0.15, 0.2) is 16.7 Å². The SMILES string of the molecule is CC(C)(C)[NH-].CC1=[C-]C(C)([SiH](C)C)C(C)=C1C.Cl.Cl.[Hf]. The Morgan fingerprint density at radius 3 is 1.45 bits per heavy atom. The summed E-state index contributed by atoms with van der Waals surface area (Å²) in [6.45, 7) is 19.4. The van der Waals surface area contributed by atoms with E-state index in [0.717, 1.165) is 0 Å². The summed E-state index contributed by atoms with van der Waals surface area (Å²) in [5, 5.41) is 0.328. The van der Waals surface area contributed by atoms with Gasteiger partial charge in [-0.1, -0.05) is 59.7 Å². The van der Waals surface area contributed by atoms with Gasteiger partial charge in [0.25, 0.3) is 0 Å². The van der Waals surface area contributed by atoms with Crippen LogP contribution in [-0.4, -0.2) is 14.3 Å². The molecule has 20 heavy (non-hydrogen) atoms. The Hall–Kier alpha value is 1.11. The first-order valence-electron chi connectivity index (χ1n) is 6.44. The van der Waals surface area contributed by atoms with E-state index in [1.807, 2.05) is 20.8 Å². The first-order chi connectivity index (χ1) is 7.39. The molecule has 0 heterocycles. The molecule has 1 aliphatic carbocycles. The summed E-state index contributed by atoms with van der Waals surface area (Å²) in [6.07, 6.45) is 3.63. The zero-order valence-electron chi connectivity index (χ0n) is 14.4. The fourth-order valence-corrected chi connectivity index (χ4v) is 3.41. The van der Waals surface area contributed by atoms with Crippen LogP contribution < -0.4 is 0 Å². The molecule has 1 aliphatic rings. The first-order valence-corrected chi connectivity index (χ1v) is 9.33. The summed E-state index contributed by atoms with van der Waals surface area (Å²) in [5.41, 5.74) is 11.1. The Morgan fingerprint density at radius 1 is 1.05 bits per heavy atom. The Kier molecular flexibility index (Phi) is 15.7. The van der Waals surface area contributed by atoms with Crippen molar-refractivity contribution in [3.8, 4) is 0 Å². The Labute approximate surface area is 159 Å². The number of nitrogens with one attached hydrogen (secondary N) is 1. The van der Waals surface area contributed by atoms with Gasteiger partial charge in [0.1, 0.15) is 0 Å². The van der Waals surface area contributed by atoms with Crippen LogP contribution in [-0.2, 0) is 25.8 Å². The van der Waals surface area contributed by atoms with Crippen molar-refractivity contribution in [2.75, 3.05) is 0 Å². The maximum atomic E-state index is 6.94. The third-order valence-corrected chi connectivity index (χ3v) is 6.39. The number of hydrogen-bond acceptors (Lipinski definition) is 0. The molecule has 1 unspecified atom stereocenters. The van der Waals surface area contributed by atoms with Gasteiger partial charge in [0, 0.05) is 34.6 Å². The van der Waals surface area contributed by atoms with Crippen LogP contribution in [0.1, 0.15) is 48.5 Å². The van der Waals surface area contributed by atoms with E-state index in [0.29, 0.717) is 5.04 Å². The molecular weight excluding hydrogens is 472 g/mol. The molecule has 1 nitrogen and oxygen atoms in total. The maximum absolute atomic E-state index is 6.94. The maximum Gasteiger partial charge on any atom is 0.0251 e. The smallest absolute Gasteiger partial charge is 0.0251 e. The summed E-state index contributed by atoms with van der Waals surface area (Å²) < 4.78 is 0. The summed E-state index contributed by atoms with van der Waals surface area (Å²) in [6, 6.07) is 0. The number of halogens is 2. The number of allylic oxidation sites excluding steroid dienone is 4. The molecule has 0 aromatic carbocycles. The normalized spacial score (nSPS) is 21.1. The fraction of sp³-hybridized carbons (Fsp3) is 0.733. The van der Waals surface area contributed by atoms with E-state index in [9.17, 15) is 0 Å². The van der Waals surface area contributed by atoms with Gasteiger partial charge in [0.05, 0.1) is 0 Å². The predicted octanol–water partition coefficient (Wildman–Crippen LogP) is 6.01. The van der Waals surface area contributed by atoms with E-state index >= 15 is 0 Å². The molecule has 0 radical (unpaired) electrons. The minimum Gasteiger partial charge on any atom is -0.673 e. The minimum absolute atomic E-state index is 0. The van der Waals surface area contributed by atoms with Gasteiger partial charge in [0.15, 0.2) is 0 Å². The van der Waals surface area contributed by atoms with Crippen molar-refractivity contribution in [2.45, 2.75) is 72.1 Å². The van der Waals surface area contributed by atoms with E-state index in [-0.39, 0.29) is 56.2 Å². The average molecular weight is 503 g/mol. The second-order valence-electron chi connectivity index (χ2n) is 6.61. The molecule has 0 amide bonds. The second kappa shape index (κ2) is 10.8. The summed E-state index contributed by atoms with van der Waals surface area (Å²) >= 11 is 0. The van der Waals surface area contributed by atoms with E-state index < -0.39 is 8.80 Å². The van der Waals surface area contributed by atoms with E-state index in [2.05, 4.69) is 46.9 Å². The third kappa shape index (κ3) is 9.19. The van der Waals surface area contributed by atoms with Crippen LogP contribution in [0.25, 0.3) is 5.73 Å². The third-order valence-electron chi connectivity index (χ3n) is 3.51. The molecule has 0 bridgehead atoms. The predicted molar refractivity (Wildman–Crippen MR) is 96.6 cm³/mol. The van der Waals surface area contributed by atoms with Crippen molar-refractivity contribution in [3.63, 3.8) is 0 Å². The average Bonchev–Trinajstić information content (AvgIpc) is 2.29. The Balaban J connectivity index is -0.000000141. The first kappa shape index (κ1) is 29.2. The number of hydrogen-bond donors (Lipinski definition) is 0. The van der Waals surface area contributed by atoms with Crippen molar-refractivity contribution in [1.29, 1.82) is 0 Å². The van der Waals surface area contributed by atoms with E-state index in [4.69, 9.17) is 5.73 Å². The molecule has 0 saturated heterocycles. The largest absolute Gasteiger partial charge is 0.673 e. The van der Waals surface area contributed by atoms with Crippen LogP contribution in [0.3, 0.4) is 0 Å². The summed E-state index contributed by atoms with van der Waals surface area (Å²) in [5.74, 6) is 0. The Bertz CT molecular complexity index is 340. The zero-order chi connectivity index (χ0) is 14.0. The van der Waals surface area contributed by atoms with Gasteiger partial charge in [-0.2, -0.15) is 11.1 Å². The molecular formula is C15H31Cl2HfNSi-2. The van der Waals surface area contributed by atoms with E-state index in [1.54, 1.807) is 5.57 Å². The molecule has 1 N–H and O–H groups in total. The van der Waals surface area contributed by atoms with Crippen molar-refractivity contribution in [2.24, 2.45) is 0 Å². The zero-order valence-corrected chi connectivity index (χ0v) is 20.8. The van der Waals surface area contributed by atoms with Gasteiger partial charge in [-0.05, 0) is 0 Å². The summed E-state index contributed by atoms with van der Waals surface area (Å²) in [7, 11) is -0.663. The Morgan fingerprint density at radius 2 is 1.35 bits per heavy atom. The fourth-order valence-electron chi connectivity index (χ4n) is 1.83. The molecule has 0 spiro atoms. The molecule has 120 valence electrons. The summed E-state index contributed by atoms with van der Waals surface area (Å²) in [4.78, 5) is 0.